The number of fused-ring (bicyclic) bond motifs is 1. The van der Waals surface area contributed by atoms with Gasteiger partial charge in [-0.05, 0) is 6.08 Å². The van der Waals surface area contributed by atoms with Gasteiger partial charge in [-0.2, -0.15) is 0 Å². The van der Waals surface area contributed by atoms with E-state index in [1.807, 2.05) is 18.4 Å². The first kappa shape index (κ1) is 4.68. The molecule has 2 aliphatic heterocycles. The van der Waals surface area contributed by atoms with Crippen molar-refractivity contribution in [3.63, 3.8) is 0 Å². The highest BCUT2D eigenvalue weighted by Crippen LogP contribution is 2.10. The van der Waals surface area contributed by atoms with Gasteiger partial charge >= 0.3 is 0 Å². The highest BCUT2D eigenvalue weighted by Gasteiger charge is 2.10. The standard InChI is InChI=1S/C7H7N2/c1-2-5-9-6-4-8-7(9)3-1/h1-3,6,8H,5H2. The van der Waals surface area contributed by atoms with Crippen molar-refractivity contribution in [2.24, 2.45) is 0 Å². The Kier molecular flexibility index (Phi) is 0.859. The Labute approximate surface area is 54.2 Å². The summed E-state index contributed by atoms with van der Waals surface area (Å²) in [6.07, 6.45) is 11.0. The quantitative estimate of drug-likeness (QED) is 0.501. The lowest BCUT2D eigenvalue weighted by molar-refractivity contribution is 0.513. The zero-order valence-corrected chi connectivity index (χ0v) is 4.96. The van der Waals surface area contributed by atoms with E-state index in [0.29, 0.717) is 0 Å². The van der Waals surface area contributed by atoms with Crippen molar-refractivity contribution in [1.29, 1.82) is 0 Å². The summed E-state index contributed by atoms with van der Waals surface area (Å²) in [5, 5.41) is 2.99. The van der Waals surface area contributed by atoms with E-state index in [9.17, 15) is 0 Å². The van der Waals surface area contributed by atoms with Crippen LogP contribution in [-0.2, 0) is 0 Å². The maximum absolute atomic E-state index is 2.99. The van der Waals surface area contributed by atoms with Crippen LogP contribution in [0.25, 0.3) is 0 Å². The van der Waals surface area contributed by atoms with Crippen molar-refractivity contribution in [2.75, 3.05) is 6.54 Å². The lowest BCUT2D eigenvalue weighted by atomic mass is 10.3. The summed E-state index contributed by atoms with van der Waals surface area (Å²) in [5.41, 5.74) is 0. The molecule has 1 radical (unpaired) electrons. The SMILES string of the molecule is [C]1=CN2CC=CC=C2N1. The van der Waals surface area contributed by atoms with Gasteiger partial charge in [-0.25, -0.2) is 0 Å². The molecule has 9 heavy (non-hydrogen) atoms. The zero-order chi connectivity index (χ0) is 6.10. The zero-order valence-electron chi connectivity index (χ0n) is 4.96. The normalized spacial score (nSPS) is 21.3. The van der Waals surface area contributed by atoms with Crippen LogP contribution in [0.15, 0.2) is 30.2 Å². The Hall–Kier alpha value is -1.18. The average molecular weight is 119 g/mol. The first-order valence-electron chi connectivity index (χ1n) is 2.95. The van der Waals surface area contributed by atoms with Gasteiger partial charge in [0.05, 0.1) is 6.20 Å². The van der Waals surface area contributed by atoms with Crippen molar-refractivity contribution in [1.82, 2.24) is 10.2 Å². The van der Waals surface area contributed by atoms with Crippen molar-refractivity contribution < 1.29 is 0 Å². The molecule has 0 aromatic heterocycles. The molecule has 0 saturated heterocycles. The molecule has 0 unspecified atom stereocenters. The molecule has 0 spiro atoms. The van der Waals surface area contributed by atoms with Gasteiger partial charge in [0.15, 0.2) is 0 Å². The minimum Gasteiger partial charge on any atom is -0.339 e. The summed E-state index contributed by atoms with van der Waals surface area (Å²) >= 11 is 0. The molecule has 2 heteroatoms. The fourth-order valence-corrected chi connectivity index (χ4v) is 0.948. The van der Waals surface area contributed by atoms with Gasteiger partial charge in [0.2, 0.25) is 0 Å². The van der Waals surface area contributed by atoms with Gasteiger partial charge in [-0.1, -0.05) is 12.2 Å². The van der Waals surface area contributed by atoms with E-state index in [0.717, 1.165) is 12.4 Å². The van der Waals surface area contributed by atoms with E-state index in [-0.39, 0.29) is 0 Å². The Morgan fingerprint density at radius 3 is 3.56 bits per heavy atom. The van der Waals surface area contributed by atoms with Crippen LogP contribution in [0, 0.1) is 6.20 Å². The minimum atomic E-state index is 0.964. The molecular weight excluding hydrogens is 112 g/mol. The van der Waals surface area contributed by atoms with Crippen molar-refractivity contribution in [2.45, 2.75) is 0 Å². The molecule has 0 bridgehead atoms. The Morgan fingerprint density at radius 2 is 2.67 bits per heavy atom. The number of nitrogens with one attached hydrogen (secondary N) is 1. The van der Waals surface area contributed by atoms with Crippen LogP contribution in [0.2, 0.25) is 0 Å². The third kappa shape index (κ3) is 0.633. The van der Waals surface area contributed by atoms with E-state index >= 15 is 0 Å². The maximum atomic E-state index is 2.99. The molecule has 0 aliphatic carbocycles. The molecule has 2 nitrogen and oxygen atoms in total. The van der Waals surface area contributed by atoms with Crippen LogP contribution in [0.1, 0.15) is 0 Å². The average Bonchev–Trinajstić information content (AvgIpc) is 2.33. The second-order valence-electron chi connectivity index (χ2n) is 2.03. The summed E-state index contributed by atoms with van der Waals surface area (Å²) in [5.74, 6) is 1.12. The monoisotopic (exact) mass is 119 g/mol. The van der Waals surface area contributed by atoms with E-state index in [2.05, 4.69) is 22.5 Å². The second kappa shape index (κ2) is 1.65. The van der Waals surface area contributed by atoms with Crippen LogP contribution < -0.4 is 5.32 Å². The lowest BCUT2D eigenvalue weighted by Gasteiger charge is -2.17. The first-order chi connectivity index (χ1) is 4.47. The van der Waals surface area contributed by atoms with Crippen molar-refractivity contribution >= 4 is 0 Å². The highest BCUT2D eigenvalue weighted by atomic mass is 15.3. The van der Waals surface area contributed by atoms with Crippen LogP contribution in [-0.4, -0.2) is 11.4 Å². The molecule has 0 aromatic rings. The smallest absolute Gasteiger partial charge is 0.110 e. The van der Waals surface area contributed by atoms with Gasteiger partial charge in [-0.15, -0.1) is 0 Å². The lowest BCUT2D eigenvalue weighted by Crippen LogP contribution is -2.20. The second-order valence-corrected chi connectivity index (χ2v) is 2.03. The predicted octanol–water partition coefficient (Wildman–Crippen LogP) is 0.577. The number of hydrogen-bond acceptors (Lipinski definition) is 2. The van der Waals surface area contributed by atoms with Gasteiger partial charge in [0.25, 0.3) is 0 Å². The van der Waals surface area contributed by atoms with Crippen LogP contribution in [0.3, 0.4) is 0 Å². The molecule has 0 fully saturated rings. The van der Waals surface area contributed by atoms with E-state index < -0.39 is 0 Å². The number of nitrogens with zero attached hydrogens (tertiary/aromatic N) is 1. The fourth-order valence-electron chi connectivity index (χ4n) is 0.948. The molecular formula is C7H7N2. The summed E-state index contributed by atoms with van der Waals surface area (Å²) in [4.78, 5) is 2.10. The first-order valence-corrected chi connectivity index (χ1v) is 2.95. The van der Waals surface area contributed by atoms with Gasteiger partial charge in [-0.3, -0.25) is 0 Å². The molecule has 2 rings (SSSR count). The predicted molar refractivity (Wildman–Crippen MR) is 34.9 cm³/mol. The molecule has 2 heterocycles. The number of allylic oxidation sites excluding steroid dienone is 2. The minimum absolute atomic E-state index is 0.964. The van der Waals surface area contributed by atoms with Gasteiger partial charge < -0.3 is 10.2 Å². The Bertz CT molecular complexity index is 201. The molecule has 0 saturated carbocycles. The van der Waals surface area contributed by atoms with Crippen molar-refractivity contribution in [3.05, 3.63) is 36.4 Å². The fraction of sp³-hybridized carbons (Fsp3) is 0.143. The molecule has 0 amide bonds. The molecule has 0 atom stereocenters. The third-order valence-electron chi connectivity index (χ3n) is 1.42. The highest BCUT2D eigenvalue weighted by molar-refractivity contribution is 5.21. The summed E-state index contributed by atoms with van der Waals surface area (Å²) < 4.78 is 0. The van der Waals surface area contributed by atoms with E-state index in [1.54, 1.807) is 0 Å². The van der Waals surface area contributed by atoms with Gasteiger partial charge in [0.1, 0.15) is 5.82 Å². The maximum Gasteiger partial charge on any atom is 0.110 e. The number of hydrogen-bond donors (Lipinski definition) is 1. The van der Waals surface area contributed by atoms with Gasteiger partial charge in [0, 0.05) is 12.7 Å². The molecule has 0 aromatic carbocycles. The van der Waals surface area contributed by atoms with Crippen LogP contribution in [0.4, 0.5) is 0 Å². The molecule has 2 aliphatic rings. The molecule has 1 N–H and O–H groups in total. The Balaban J connectivity index is 2.29. The topological polar surface area (TPSA) is 15.3 Å². The third-order valence-corrected chi connectivity index (χ3v) is 1.42. The molecule has 45 valence electrons. The van der Waals surface area contributed by atoms with E-state index in [4.69, 9.17) is 0 Å². The Morgan fingerprint density at radius 1 is 1.67 bits per heavy atom. The summed E-state index contributed by atoms with van der Waals surface area (Å²) in [6.45, 7) is 0.964. The number of rotatable bonds is 0. The van der Waals surface area contributed by atoms with Crippen LogP contribution >= 0.6 is 0 Å². The van der Waals surface area contributed by atoms with Crippen molar-refractivity contribution in [3.8, 4) is 0 Å². The largest absolute Gasteiger partial charge is 0.339 e. The summed E-state index contributed by atoms with van der Waals surface area (Å²) in [7, 11) is 0. The van der Waals surface area contributed by atoms with E-state index in [1.165, 1.54) is 0 Å². The summed E-state index contributed by atoms with van der Waals surface area (Å²) in [6, 6.07) is 0. The van der Waals surface area contributed by atoms with Crippen LogP contribution in [0.5, 0.6) is 0 Å².